The van der Waals surface area contributed by atoms with Crippen molar-refractivity contribution in [3.05, 3.63) is 82.5 Å². The van der Waals surface area contributed by atoms with Gasteiger partial charge in [0.2, 0.25) is 0 Å². The van der Waals surface area contributed by atoms with E-state index in [0.29, 0.717) is 10.6 Å². The maximum absolute atomic E-state index is 12.7. The Balaban J connectivity index is 1.63. The molecule has 1 saturated heterocycles. The van der Waals surface area contributed by atoms with Crippen LogP contribution in [-0.2, 0) is 11.3 Å². The molecule has 0 N–H and O–H groups in total. The number of carbonyl (C=O) groups is 2. The molecule has 0 aliphatic carbocycles. The highest BCUT2D eigenvalue weighted by Crippen LogP contribution is 2.34. The minimum absolute atomic E-state index is 0.248. The van der Waals surface area contributed by atoms with Crippen molar-refractivity contribution in [1.82, 2.24) is 9.88 Å². The number of aromatic nitrogens is 1. The van der Waals surface area contributed by atoms with Crippen LogP contribution in [0.15, 0.2) is 65.6 Å². The van der Waals surface area contributed by atoms with Crippen LogP contribution >= 0.6 is 11.8 Å². The lowest BCUT2D eigenvalue weighted by atomic mass is 10.0. The van der Waals surface area contributed by atoms with Gasteiger partial charge in [-0.2, -0.15) is 0 Å². The molecule has 4 rings (SSSR count). The number of pyridine rings is 1. The Labute approximate surface area is 155 Å². The minimum Gasteiger partial charge on any atom is -0.268 e. The molecule has 0 atom stereocenters. The predicted octanol–water partition coefficient (Wildman–Crippen LogP) is 4.78. The molecule has 0 radical (unpaired) electrons. The highest BCUT2D eigenvalue weighted by atomic mass is 32.2. The number of rotatable bonds is 3. The van der Waals surface area contributed by atoms with Crippen molar-refractivity contribution in [2.75, 3.05) is 0 Å². The molecule has 2 amide bonds. The van der Waals surface area contributed by atoms with E-state index in [1.54, 1.807) is 6.08 Å². The van der Waals surface area contributed by atoms with E-state index < -0.39 is 0 Å². The Morgan fingerprint density at radius 1 is 1.00 bits per heavy atom. The summed E-state index contributed by atoms with van der Waals surface area (Å²) in [5.74, 6) is -0.267. The normalized spacial score (nSPS) is 16.0. The summed E-state index contributed by atoms with van der Waals surface area (Å²) >= 11 is 0.966. The van der Waals surface area contributed by atoms with E-state index in [4.69, 9.17) is 0 Å². The third-order valence-corrected chi connectivity index (χ3v) is 5.18. The van der Waals surface area contributed by atoms with Gasteiger partial charge in [-0.05, 0) is 53.2 Å². The molecular weight excluding hydrogens is 344 g/mol. The highest BCUT2D eigenvalue weighted by molar-refractivity contribution is 8.18. The number of thioether (sulfide) groups is 1. The van der Waals surface area contributed by atoms with E-state index in [1.165, 1.54) is 4.90 Å². The molecule has 2 heterocycles. The summed E-state index contributed by atoms with van der Waals surface area (Å²) in [6, 6.07) is 19.5. The summed E-state index contributed by atoms with van der Waals surface area (Å²) in [6.45, 7) is 2.16. The van der Waals surface area contributed by atoms with Gasteiger partial charge in [0, 0.05) is 5.69 Å². The molecule has 0 unspecified atom stereocenters. The number of hydrogen-bond donors (Lipinski definition) is 0. The molecule has 0 bridgehead atoms. The molecule has 3 aromatic rings. The molecule has 2 aromatic carbocycles. The summed E-state index contributed by atoms with van der Waals surface area (Å²) in [5, 5.41) is 1.90. The second kappa shape index (κ2) is 6.77. The monoisotopic (exact) mass is 360 g/mol. The van der Waals surface area contributed by atoms with E-state index in [2.05, 4.69) is 4.98 Å². The maximum Gasteiger partial charge on any atom is 0.293 e. The fraction of sp³-hybridized carbons (Fsp3) is 0.0952. The van der Waals surface area contributed by atoms with Crippen molar-refractivity contribution < 1.29 is 9.59 Å². The number of hydrogen-bond acceptors (Lipinski definition) is 4. The largest absolute Gasteiger partial charge is 0.293 e. The first-order valence-electron chi connectivity index (χ1n) is 8.27. The van der Waals surface area contributed by atoms with Crippen LogP contribution < -0.4 is 0 Å². The average Bonchev–Trinajstić information content (AvgIpc) is 2.89. The average molecular weight is 360 g/mol. The summed E-state index contributed by atoms with van der Waals surface area (Å²) in [6.07, 6.45) is 1.68. The van der Waals surface area contributed by atoms with Crippen molar-refractivity contribution in [3.63, 3.8) is 0 Å². The SMILES string of the molecule is Cc1cccc(/C=C2/SC(=O)N(Cc3cccc4ccccc34)C2=O)n1. The first-order valence-corrected chi connectivity index (χ1v) is 9.09. The Kier molecular flexibility index (Phi) is 4.31. The smallest absolute Gasteiger partial charge is 0.268 e. The summed E-state index contributed by atoms with van der Waals surface area (Å²) < 4.78 is 0. The van der Waals surface area contributed by atoms with Gasteiger partial charge < -0.3 is 0 Å². The number of nitrogens with zero attached hydrogens (tertiary/aromatic N) is 2. The first kappa shape index (κ1) is 16.5. The molecular formula is C21H16N2O2S. The van der Waals surface area contributed by atoms with Crippen LogP contribution in [0.4, 0.5) is 4.79 Å². The molecule has 5 heteroatoms. The zero-order chi connectivity index (χ0) is 18.1. The molecule has 4 nitrogen and oxygen atoms in total. The number of aryl methyl sites for hydroxylation is 1. The summed E-state index contributed by atoms with van der Waals surface area (Å²) in [4.78, 5) is 31.2. The van der Waals surface area contributed by atoms with Gasteiger partial charge in [-0.15, -0.1) is 0 Å². The van der Waals surface area contributed by atoms with Crippen molar-refractivity contribution in [3.8, 4) is 0 Å². The summed E-state index contributed by atoms with van der Waals surface area (Å²) in [7, 11) is 0. The van der Waals surface area contributed by atoms with Crippen LogP contribution in [-0.4, -0.2) is 21.0 Å². The number of carbonyl (C=O) groups excluding carboxylic acids is 2. The minimum atomic E-state index is -0.267. The molecule has 0 saturated carbocycles. The zero-order valence-electron chi connectivity index (χ0n) is 14.2. The number of imide groups is 1. The predicted molar refractivity (Wildman–Crippen MR) is 104 cm³/mol. The molecule has 1 aliphatic rings. The van der Waals surface area contributed by atoms with Gasteiger partial charge in [-0.25, -0.2) is 0 Å². The van der Waals surface area contributed by atoms with E-state index in [9.17, 15) is 9.59 Å². The second-order valence-electron chi connectivity index (χ2n) is 6.11. The molecule has 1 aromatic heterocycles. The third kappa shape index (κ3) is 3.13. The topological polar surface area (TPSA) is 50.3 Å². The van der Waals surface area contributed by atoms with Crippen LogP contribution in [0.25, 0.3) is 16.8 Å². The van der Waals surface area contributed by atoms with Gasteiger partial charge in [0.05, 0.1) is 17.1 Å². The Morgan fingerprint density at radius 2 is 1.77 bits per heavy atom. The van der Waals surface area contributed by atoms with E-state index in [1.807, 2.05) is 67.6 Å². The quantitative estimate of drug-likeness (QED) is 0.631. The van der Waals surface area contributed by atoms with Crippen molar-refractivity contribution in [2.45, 2.75) is 13.5 Å². The van der Waals surface area contributed by atoms with E-state index in [0.717, 1.165) is 33.8 Å². The Morgan fingerprint density at radius 3 is 2.62 bits per heavy atom. The second-order valence-corrected chi connectivity index (χ2v) is 7.10. The molecule has 1 fully saturated rings. The lowest BCUT2D eigenvalue weighted by Gasteiger charge is -2.14. The van der Waals surface area contributed by atoms with E-state index >= 15 is 0 Å². The van der Waals surface area contributed by atoms with Crippen molar-refractivity contribution in [2.24, 2.45) is 0 Å². The molecule has 26 heavy (non-hydrogen) atoms. The van der Waals surface area contributed by atoms with Crippen LogP contribution in [0, 0.1) is 6.92 Å². The number of amides is 2. The van der Waals surface area contributed by atoms with Crippen LogP contribution in [0.1, 0.15) is 17.0 Å². The van der Waals surface area contributed by atoms with Gasteiger partial charge in [-0.3, -0.25) is 19.5 Å². The Hall–Kier alpha value is -2.92. The number of fused-ring (bicyclic) bond motifs is 1. The van der Waals surface area contributed by atoms with Crippen LogP contribution in [0.2, 0.25) is 0 Å². The van der Waals surface area contributed by atoms with Crippen molar-refractivity contribution >= 4 is 39.8 Å². The van der Waals surface area contributed by atoms with Gasteiger partial charge >= 0.3 is 0 Å². The lowest BCUT2D eigenvalue weighted by molar-refractivity contribution is -0.123. The van der Waals surface area contributed by atoms with Gasteiger partial charge in [0.1, 0.15) is 0 Å². The Bertz CT molecular complexity index is 1050. The third-order valence-electron chi connectivity index (χ3n) is 4.27. The number of benzene rings is 2. The van der Waals surface area contributed by atoms with Gasteiger partial charge in [0.15, 0.2) is 0 Å². The van der Waals surface area contributed by atoms with Crippen molar-refractivity contribution in [1.29, 1.82) is 0 Å². The maximum atomic E-state index is 12.7. The highest BCUT2D eigenvalue weighted by Gasteiger charge is 2.35. The van der Waals surface area contributed by atoms with Gasteiger partial charge in [0.25, 0.3) is 11.1 Å². The fourth-order valence-corrected chi connectivity index (χ4v) is 3.84. The molecule has 0 spiro atoms. The van der Waals surface area contributed by atoms with E-state index in [-0.39, 0.29) is 17.7 Å². The van der Waals surface area contributed by atoms with Crippen LogP contribution in [0.3, 0.4) is 0 Å². The standard InChI is InChI=1S/C21H16N2O2S/c1-14-6-4-10-17(22-14)12-19-20(24)23(21(25)26-19)13-16-9-5-8-15-7-2-3-11-18(15)16/h2-12H,13H2,1H3/b19-12+. The fourth-order valence-electron chi connectivity index (χ4n) is 3.02. The molecule has 128 valence electrons. The summed E-state index contributed by atoms with van der Waals surface area (Å²) in [5.41, 5.74) is 2.51. The lowest BCUT2D eigenvalue weighted by Crippen LogP contribution is -2.27. The van der Waals surface area contributed by atoms with Crippen LogP contribution in [0.5, 0.6) is 0 Å². The zero-order valence-corrected chi connectivity index (χ0v) is 15.0. The first-order chi connectivity index (χ1) is 12.6. The van der Waals surface area contributed by atoms with Gasteiger partial charge in [-0.1, -0.05) is 48.5 Å². The molecule has 1 aliphatic heterocycles.